The third kappa shape index (κ3) is 4.77. The van der Waals surface area contributed by atoms with E-state index in [1.54, 1.807) is 7.11 Å². The minimum absolute atomic E-state index is 0.0229. The first-order chi connectivity index (χ1) is 19.0. The lowest BCUT2D eigenvalue weighted by Gasteiger charge is -2.32. The van der Waals surface area contributed by atoms with Crippen LogP contribution >= 0.6 is 0 Å². The van der Waals surface area contributed by atoms with E-state index in [-0.39, 0.29) is 24.0 Å². The number of nitrogens with zero attached hydrogens (tertiary/aromatic N) is 3. The van der Waals surface area contributed by atoms with E-state index in [1.807, 2.05) is 35.5 Å². The highest BCUT2D eigenvalue weighted by Crippen LogP contribution is 2.41. The number of aromatic nitrogens is 2. The van der Waals surface area contributed by atoms with E-state index in [0.717, 1.165) is 46.4 Å². The van der Waals surface area contributed by atoms with Gasteiger partial charge in [-0.25, -0.2) is 4.98 Å². The van der Waals surface area contributed by atoms with E-state index in [0.29, 0.717) is 19.0 Å². The zero-order valence-corrected chi connectivity index (χ0v) is 24.6. The van der Waals surface area contributed by atoms with Crippen LogP contribution in [0.15, 0.2) is 42.7 Å². The minimum Gasteiger partial charge on any atom is -0.497 e. The van der Waals surface area contributed by atoms with E-state index in [9.17, 15) is 4.79 Å². The van der Waals surface area contributed by atoms with Gasteiger partial charge in [0.05, 0.1) is 36.2 Å². The molecular formula is C31H40BN3O5. The molecule has 3 atom stereocenters. The normalized spacial score (nSPS) is 23.6. The molecule has 40 heavy (non-hydrogen) atoms. The van der Waals surface area contributed by atoms with Crippen molar-refractivity contribution in [3.05, 3.63) is 48.3 Å². The Morgan fingerprint density at radius 2 is 1.73 bits per heavy atom. The lowest BCUT2D eigenvalue weighted by atomic mass is 9.78. The van der Waals surface area contributed by atoms with Gasteiger partial charge in [-0.05, 0) is 89.7 Å². The maximum atomic E-state index is 13.2. The molecule has 0 bridgehead atoms. The Morgan fingerprint density at radius 3 is 2.35 bits per heavy atom. The largest absolute Gasteiger partial charge is 0.497 e. The van der Waals surface area contributed by atoms with Crippen LogP contribution in [0.1, 0.15) is 78.5 Å². The second-order valence-corrected chi connectivity index (χ2v) is 12.6. The Bertz CT molecular complexity index is 1400. The third-order valence-electron chi connectivity index (χ3n) is 9.35. The summed E-state index contributed by atoms with van der Waals surface area (Å²) >= 11 is 0. The zero-order valence-electron chi connectivity index (χ0n) is 24.6. The molecule has 3 aliphatic rings. The smallest absolute Gasteiger partial charge is 0.495 e. The van der Waals surface area contributed by atoms with Gasteiger partial charge in [-0.2, -0.15) is 0 Å². The molecule has 212 valence electrons. The fraction of sp³-hybridized carbons (Fsp3) is 0.548. The predicted molar refractivity (Wildman–Crippen MR) is 155 cm³/mol. The predicted octanol–water partition coefficient (Wildman–Crippen LogP) is 5.06. The molecule has 9 heteroatoms. The molecule has 8 nitrogen and oxygen atoms in total. The molecule has 1 aliphatic carbocycles. The van der Waals surface area contributed by atoms with Gasteiger partial charge < -0.3 is 28.2 Å². The van der Waals surface area contributed by atoms with Crippen molar-refractivity contribution >= 4 is 29.5 Å². The monoisotopic (exact) mass is 545 g/mol. The van der Waals surface area contributed by atoms with E-state index in [2.05, 4.69) is 58.2 Å². The second kappa shape index (κ2) is 9.81. The molecule has 2 aromatic carbocycles. The van der Waals surface area contributed by atoms with Crippen molar-refractivity contribution in [2.75, 3.05) is 13.7 Å². The number of carbonyl (C=O) groups is 1. The summed E-state index contributed by atoms with van der Waals surface area (Å²) in [6.07, 6.45) is 4.51. The summed E-state index contributed by atoms with van der Waals surface area (Å²) in [6.45, 7) is 13.0. The summed E-state index contributed by atoms with van der Waals surface area (Å²) in [5.74, 6) is 1.81. The van der Waals surface area contributed by atoms with Crippen molar-refractivity contribution in [1.82, 2.24) is 14.5 Å². The number of ether oxygens (including phenoxy) is 2. The Labute approximate surface area is 237 Å². The summed E-state index contributed by atoms with van der Waals surface area (Å²) in [6, 6.07) is 12.5. The van der Waals surface area contributed by atoms with E-state index in [1.165, 1.54) is 0 Å². The number of hydrogen-bond donors (Lipinski definition) is 0. The lowest BCUT2D eigenvalue weighted by molar-refractivity contribution is -0.129. The summed E-state index contributed by atoms with van der Waals surface area (Å²) in [4.78, 5) is 19.9. The van der Waals surface area contributed by atoms with Crippen molar-refractivity contribution in [2.45, 2.75) is 90.2 Å². The van der Waals surface area contributed by atoms with Crippen LogP contribution in [0, 0.1) is 5.92 Å². The highest BCUT2D eigenvalue weighted by Gasteiger charge is 2.52. The van der Waals surface area contributed by atoms with Crippen LogP contribution in [0.2, 0.25) is 0 Å². The van der Waals surface area contributed by atoms with Gasteiger partial charge in [0.25, 0.3) is 0 Å². The molecule has 2 saturated heterocycles. The molecule has 6 rings (SSSR count). The average molecular weight is 545 g/mol. The standard InChI is InChI=1S/C31H40BN3O5/c1-19(21-8-12-25(37-7)13-9-21)34-17-22(14-28(34)36)20(2)38-27-16-23(32-39-30(3,4)31(5,6)40-32)15-26-29(27)35(18-33-26)24-10-11-24/h8-9,12-13,15-16,18-20,22,24H,10-11,14,17H2,1-7H3/t19-,20-,22?/m1/s1. The number of hydrogen-bond acceptors (Lipinski definition) is 6. The number of methoxy groups -OCH3 is 1. The summed E-state index contributed by atoms with van der Waals surface area (Å²) in [7, 11) is 1.15. The van der Waals surface area contributed by atoms with Gasteiger partial charge in [0.2, 0.25) is 5.91 Å². The van der Waals surface area contributed by atoms with Gasteiger partial charge >= 0.3 is 7.12 Å². The van der Waals surface area contributed by atoms with Crippen LogP contribution in [0.5, 0.6) is 11.5 Å². The fourth-order valence-electron chi connectivity index (χ4n) is 5.80. The van der Waals surface area contributed by atoms with E-state index >= 15 is 0 Å². The molecule has 0 spiro atoms. The van der Waals surface area contributed by atoms with E-state index in [4.69, 9.17) is 23.8 Å². The van der Waals surface area contributed by atoms with Gasteiger partial charge in [-0.15, -0.1) is 0 Å². The first-order valence-corrected chi connectivity index (χ1v) is 14.4. The number of likely N-dealkylation sites (tertiary alicyclic amines) is 1. The Hall–Kier alpha value is -3.04. The van der Waals surface area contributed by atoms with Gasteiger partial charge in [-0.3, -0.25) is 4.79 Å². The SMILES string of the molecule is COc1ccc([C@@H](C)N2CC([C@@H](C)Oc3cc(B4OC(C)(C)C(C)(C)O4)cc4ncn(C5CC5)c34)CC2=O)cc1. The van der Waals surface area contributed by atoms with Crippen LogP contribution in [-0.2, 0) is 14.1 Å². The number of imidazole rings is 1. The average Bonchev–Trinajstić information content (AvgIpc) is 3.47. The number of amides is 1. The third-order valence-corrected chi connectivity index (χ3v) is 9.35. The Morgan fingerprint density at radius 1 is 1.05 bits per heavy atom. The Kier molecular flexibility index (Phi) is 6.66. The lowest BCUT2D eigenvalue weighted by Crippen LogP contribution is -2.41. The van der Waals surface area contributed by atoms with Crippen LogP contribution in [-0.4, -0.2) is 58.4 Å². The highest BCUT2D eigenvalue weighted by atomic mass is 16.7. The molecular weight excluding hydrogens is 505 g/mol. The molecule has 1 unspecified atom stereocenters. The number of rotatable bonds is 8. The van der Waals surface area contributed by atoms with Crippen molar-refractivity contribution in [1.29, 1.82) is 0 Å². The van der Waals surface area contributed by atoms with Crippen molar-refractivity contribution < 1.29 is 23.6 Å². The summed E-state index contributed by atoms with van der Waals surface area (Å²) < 4.78 is 27.0. The molecule has 0 N–H and O–H groups in total. The molecule has 3 heterocycles. The summed E-state index contributed by atoms with van der Waals surface area (Å²) in [5, 5.41) is 0. The number of benzene rings is 2. The van der Waals surface area contributed by atoms with Crippen molar-refractivity contribution in [3.63, 3.8) is 0 Å². The molecule has 3 aromatic rings. The van der Waals surface area contributed by atoms with Crippen LogP contribution in [0.3, 0.4) is 0 Å². The second-order valence-electron chi connectivity index (χ2n) is 12.6. The number of carbonyl (C=O) groups excluding carboxylic acids is 1. The van der Waals surface area contributed by atoms with Crippen molar-refractivity contribution in [2.24, 2.45) is 5.92 Å². The fourth-order valence-corrected chi connectivity index (χ4v) is 5.80. The van der Waals surface area contributed by atoms with Gasteiger partial charge in [0, 0.05) is 24.9 Å². The molecule has 0 radical (unpaired) electrons. The highest BCUT2D eigenvalue weighted by molar-refractivity contribution is 6.62. The van der Waals surface area contributed by atoms with Gasteiger partial charge in [0.15, 0.2) is 0 Å². The summed E-state index contributed by atoms with van der Waals surface area (Å²) in [5.41, 5.74) is 2.98. The Balaban J connectivity index is 1.25. The maximum absolute atomic E-state index is 13.2. The minimum atomic E-state index is -0.507. The molecule has 1 amide bonds. The zero-order chi connectivity index (χ0) is 28.4. The van der Waals surface area contributed by atoms with Gasteiger partial charge in [0.1, 0.15) is 23.1 Å². The van der Waals surface area contributed by atoms with Gasteiger partial charge in [-0.1, -0.05) is 12.1 Å². The molecule has 1 saturated carbocycles. The first kappa shape index (κ1) is 27.2. The van der Waals surface area contributed by atoms with Crippen LogP contribution in [0.4, 0.5) is 0 Å². The molecule has 1 aromatic heterocycles. The quantitative estimate of drug-likeness (QED) is 0.369. The maximum Gasteiger partial charge on any atom is 0.495 e. The molecule has 2 aliphatic heterocycles. The van der Waals surface area contributed by atoms with Crippen molar-refractivity contribution in [3.8, 4) is 11.5 Å². The first-order valence-electron chi connectivity index (χ1n) is 14.4. The van der Waals surface area contributed by atoms with Crippen LogP contribution in [0.25, 0.3) is 11.0 Å². The topological polar surface area (TPSA) is 75.1 Å². The number of fused-ring (bicyclic) bond motifs is 1. The van der Waals surface area contributed by atoms with Crippen LogP contribution < -0.4 is 14.9 Å². The van der Waals surface area contributed by atoms with E-state index < -0.39 is 18.3 Å². The molecule has 3 fully saturated rings.